The van der Waals surface area contributed by atoms with Crippen LogP contribution in [-0.4, -0.2) is 23.2 Å². The van der Waals surface area contributed by atoms with Crippen molar-refractivity contribution in [1.82, 2.24) is 9.97 Å². The molecule has 0 fully saturated rings. The highest BCUT2D eigenvalue weighted by Gasteiger charge is 2.14. The molecule has 5 heteroatoms. The smallest absolute Gasteiger partial charge is 0.226 e. The van der Waals surface area contributed by atoms with Crippen LogP contribution in [0.2, 0.25) is 0 Å². The number of aromatic nitrogens is 2. The van der Waals surface area contributed by atoms with Crippen LogP contribution in [0.4, 0.5) is 0 Å². The summed E-state index contributed by atoms with van der Waals surface area (Å²) >= 11 is 1.60. The van der Waals surface area contributed by atoms with Crippen LogP contribution in [0.15, 0.2) is 60.2 Å². The minimum absolute atomic E-state index is 0.420. The van der Waals surface area contributed by atoms with Crippen molar-refractivity contribution in [3.63, 3.8) is 0 Å². The molecule has 4 aromatic rings. The first-order chi connectivity index (χ1) is 13.2. The van der Waals surface area contributed by atoms with E-state index in [1.807, 2.05) is 24.3 Å². The molecule has 2 aromatic heterocycles. The van der Waals surface area contributed by atoms with E-state index < -0.39 is 0 Å². The molecule has 0 radical (unpaired) electrons. The minimum atomic E-state index is 0.420. The standard InChI is InChI=1S/C22H20N2O2S/c1-15-3-7-17(8-4-15)19-13-27-22-20(19)21(23-14-24-22)26-12-11-25-18-9-5-16(2)6-10-18/h3-10,13-14H,11-12H2,1-2H3. The number of rotatable bonds is 6. The third-order valence-corrected chi connectivity index (χ3v) is 5.20. The Morgan fingerprint density at radius 3 is 2.22 bits per heavy atom. The maximum Gasteiger partial charge on any atom is 0.226 e. The van der Waals surface area contributed by atoms with E-state index in [4.69, 9.17) is 9.47 Å². The second kappa shape index (κ2) is 7.76. The van der Waals surface area contributed by atoms with Gasteiger partial charge in [0.1, 0.15) is 30.1 Å². The molecule has 0 aliphatic heterocycles. The molecule has 0 atom stereocenters. The Labute approximate surface area is 162 Å². The molecule has 0 bridgehead atoms. The number of benzene rings is 2. The van der Waals surface area contributed by atoms with E-state index in [1.165, 1.54) is 11.1 Å². The average molecular weight is 376 g/mol. The number of fused-ring (bicyclic) bond motifs is 1. The van der Waals surface area contributed by atoms with Gasteiger partial charge in [0.05, 0.1) is 5.39 Å². The second-order valence-electron chi connectivity index (χ2n) is 6.38. The zero-order valence-electron chi connectivity index (χ0n) is 15.3. The fraction of sp³-hybridized carbons (Fsp3) is 0.182. The van der Waals surface area contributed by atoms with Gasteiger partial charge in [-0.05, 0) is 31.5 Å². The third-order valence-electron chi connectivity index (χ3n) is 4.31. The van der Waals surface area contributed by atoms with Crippen LogP contribution in [0.5, 0.6) is 11.6 Å². The van der Waals surface area contributed by atoms with Gasteiger partial charge in [0.15, 0.2) is 0 Å². The first-order valence-corrected chi connectivity index (χ1v) is 9.70. The Kier molecular flexibility index (Phi) is 5.03. The van der Waals surface area contributed by atoms with E-state index in [0.717, 1.165) is 27.1 Å². The van der Waals surface area contributed by atoms with Gasteiger partial charge in [-0.1, -0.05) is 47.5 Å². The average Bonchev–Trinajstić information content (AvgIpc) is 3.12. The van der Waals surface area contributed by atoms with Crippen molar-refractivity contribution >= 4 is 21.6 Å². The monoisotopic (exact) mass is 376 g/mol. The molecule has 0 N–H and O–H groups in total. The molecule has 0 aliphatic carbocycles. The van der Waals surface area contributed by atoms with Crippen LogP contribution in [0, 0.1) is 13.8 Å². The molecular weight excluding hydrogens is 356 g/mol. The van der Waals surface area contributed by atoms with E-state index in [0.29, 0.717) is 19.1 Å². The van der Waals surface area contributed by atoms with Gasteiger partial charge in [-0.15, -0.1) is 11.3 Å². The lowest BCUT2D eigenvalue weighted by atomic mass is 10.0. The van der Waals surface area contributed by atoms with Gasteiger partial charge in [0.25, 0.3) is 0 Å². The zero-order valence-corrected chi connectivity index (χ0v) is 16.1. The highest BCUT2D eigenvalue weighted by atomic mass is 32.1. The van der Waals surface area contributed by atoms with Gasteiger partial charge in [-0.2, -0.15) is 0 Å². The highest BCUT2D eigenvalue weighted by Crippen LogP contribution is 2.37. The predicted octanol–water partition coefficient (Wildman–Crippen LogP) is 5.43. The van der Waals surface area contributed by atoms with Gasteiger partial charge in [-0.3, -0.25) is 0 Å². The van der Waals surface area contributed by atoms with E-state index in [9.17, 15) is 0 Å². The normalized spacial score (nSPS) is 10.9. The Balaban J connectivity index is 1.50. The molecule has 27 heavy (non-hydrogen) atoms. The van der Waals surface area contributed by atoms with Crippen molar-refractivity contribution in [2.75, 3.05) is 13.2 Å². The van der Waals surface area contributed by atoms with E-state index in [1.54, 1.807) is 17.7 Å². The maximum atomic E-state index is 5.94. The minimum Gasteiger partial charge on any atom is -0.490 e. The summed E-state index contributed by atoms with van der Waals surface area (Å²) in [6, 6.07) is 16.4. The van der Waals surface area contributed by atoms with Crippen molar-refractivity contribution in [2.24, 2.45) is 0 Å². The largest absolute Gasteiger partial charge is 0.490 e. The van der Waals surface area contributed by atoms with E-state index >= 15 is 0 Å². The van der Waals surface area contributed by atoms with Gasteiger partial charge >= 0.3 is 0 Å². The van der Waals surface area contributed by atoms with Crippen LogP contribution in [0.25, 0.3) is 21.3 Å². The van der Waals surface area contributed by atoms with Gasteiger partial charge < -0.3 is 9.47 Å². The molecule has 0 amide bonds. The fourth-order valence-corrected chi connectivity index (χ4v) is 3.74. The summed E-state index contributed by atoms with van der Waals surface area (Å²) in [7, 11) is 0. The number of nitrogens with zero attached hydrogens (tertiary/aromatic N) is 2. The Bertz CT molecular complexity index is 1040. The molecule has 0 saturated heterocycles. The van der Waals surface area contributed by atoms with Crippen LogP contribution in [0.1, 0.15) is 11.1 Å². The Hall–Kier alpha value is -2.92. The quantitative estimate of drug-likeness (QED) is 0.421. The summed E-state index contributed by atoms with van der Waals surface area (Å²) < 4.78 is 11.7. The summed E-state index contributed by atoms with van der Waals surface area (Å²) in [6.07, 6.45) is 1.55. The molecule has 2 heterocycles. The van der Waals surface area contributed by atoms with Crippen molar-refractivity contribution in [3.05, 3.63) is 71.4 Å². The molecular formula is C22H20N2O2S. The van der Waals surface area contributed by atoms with Gasteiger partial charge in [0, 0.05) is 10.9 Å². The molecule has 0 aliphatic rings. The number of aryl methyl sites for hydroxylation is 2. The summed E-state index contributed by atoms with van der Waals surface area (Å²) in [5.74, 6) is 1.44. The third kappa shape index (κ3) is 3.93. The molecule has 0 saturated carbocycles. The summed E-state index contributed by atoms with van der Waals surface area (Å²) in [4.78, 5) is 9.67. The lowest BCUT2D eigenvalue weighted by Gasteiger charge is -2.09. The molecule has 0 unspecified atom stereocenters. The van der Waals surface area contributed by atoms with Crippen molar-refractivity contribution in [1.29, 1.82) is 0 Å². The van der Waals surface area contributed by atoms with Crippen LogP contribution < -0.4 is 9.47 Å². The molecule has 4 rings (SSSR count). The molecule has 136 valence electrons. The SMILES string of the molecule is Cc1ccc(OCCOc2ncnc3scc(-c4ccc(C)cc4)c23)cc1. The molecule has 0 spiro atoms. The summed E-state index contributed by atoms with van der Waals surface area (Å²) in [5, 5.41) is 3.07. The Morgan fingerprint density at radius 1 is 0.815 bits per heavy atom. The molecule has 2 aromatic carbocycles. The van der Waals surface area contributed by atoms with E-state index in [2.05, 4.69) is 53.5 Å². The summed E-state index contributed by atoms with van der Waals surface area (Å²) in [6.45, 7) is 5.02. The van der Waals surface area contributed by atoms with Crippen molar-refractivity contribution in [3.8, 4) is 22.8 Å². The fourth-order valence-electron chi connectivity index (χ4n) is 2.84. The predicted molar refractivity (Wildman–Crippen MR) is 110 cm³/mol. The first-order valence-electron chi connectivity index (χ1n) is 8.82. The maximum absolute atomic E-state index is 5.94. The second-order valence-corrected chi connectivity index (χ2v) is 7.24. The topological polar surface area (TPSA) is 44.2 Å². The number of ether oxygens (including phenoxy) is 2. The number of hydrogen-bond donors (Lipinski definition) is 0. The Morgan fingerprint density at radius 2 is 1.48 bits per heavy atom. The number of hydrogen-bond acceptors (Lipinski definition) is 5. The van der Waals surface area contributed by atoms with Crippen LogP contribution >= 0.6 is 11.3 Å². The van der Waals surface area contributed by atoms with Crippen LogP contribution in [-0.2, 0) is 0 Å². The van der Waals surface area contributed by atoms with Gasteiger partial charge in [-0.25, -0.2) is 9.97 Å². The van der Waals surface area contributed by atoms with Crippen LogP contribution in [0.3, 0.4) is 0 Å². The molecule has 4 nitrogen and oxygen atoms in total. The lowest BCUT2D eigenvalue weighted by Crippen LogP contribution is -2.10. The first kappa shape index (κ1) is 17.5. The van der Waals surface area contributed by atoms with E-state index in [-0.39, 0.29) is 0 Å². The van der Waals surface area contributed by atoms with Gasteiger partial charge in [0.2, 0.25) is 5.88 Å². The van der Waals surface area contributed by atoms with Crippen molar-refractivity contribution in [2.45, 2.75) is 13.8 Å². The summed E-state index contributed by atoms with van der Waals surface area (Å²) in [5.41, 5.74) is 4.69. The van der Waals surface area contributed by atoms with Crippen molar-refractivity contribution < 1.29 is 9.47 Å². The lowest BCUT2D eigenvalue weighted by molar-refractivity contribution is 0.213. The highest BCUT2D eigenvalue weighted by molar-refractivity contribution is 7.17. The number of thiophene rings is 1. The zero-order chi connectivity index (χ0) is 18.6.